The molecule has 0 unspecified atom stereocenters. The van der Waals surface area contributed by atoms with E-state index in [1.807, 2.05) is 23.9 Å². The lowest BCUT2D eigenvalue weighted by atomic mass is 10.0. The zero-order valence-corrected chi connectivity index (χ0v) is 13.5. The Kier molecular flexibility index (Phi) is 4.11. The molecule has 2 aliphatic heterocycles. The minimum atomic E-state index is -3.29. The van der Waals surface area contributed by atoms with Crippen LogP contribution in [0.25, 0.3) is 0 Å². The quantitative estimate of drug-likeness (QED) is 0.842. The second kappa shape index (κ2) is 5.70. The largest absolute Gasteiger partial charge is 0.243 e. The summed E-state index contributed by atoms with van der Waals surface area (Å²) in [5.41, 5.74) is 1.20. The van der Waals surface area contributed by atoms with Gasteiger partial charge in [0, 0.05) is 18.0 Å². The van der Waals surface area contributed by atoms with Gasteiger partial charge >= 0.3 is 0 Å². The number of sulfonamides is 1. The molecule has 20 heavy (non-hydrogen) atoms. The van der Waals surface area contributed by atoms with Crippen LogP contribution in [0.1, 0.15) is 31.7 Å². The molecule has 3 nitrogen and oxygen atoms in total. The van der Waals surface area contributed by atoms with Crippen molar-refractivity contribution in [1.29, 1.82) is 0 Å². The summed E-state index contributed by atoms with van der Waals surface area (Å²) in [5.74, 6) is 1.78. The lowest BCUT2D eigenvalue weighted by Crippen LogP contribution is -2.37. The molecular weight excluding hydrogens is 290 g/mol. The van der Waals surface area contributed by atoms with E-state index in [1.54, 1.807) is 10.4 Å². The number of thioether (sulfide) groups is 1. The highest BCUT2D eigenvalue weighted by atomic mass is 32.2. The van der Waals surface area contributed by atoms with Gasteiger partial charge in [-0.3, -0.25) is 0 Å². The van der Waals surface area contributed by atoms with Gasteiger partial charge in [0.15, 0.2) is 0 Å². The number of benzene rings is 1. The SMILES string of the molecule is CC1CCN(S(=O)(=O)c2ccc3c(c2)CCCS3)CC1. The first-order valence-electron chi connectivity index (χ1n) is 7.33. The van der Waals surface area contributed by atoms with Gasteiger partial charge in [-0.2, -0.15) is 4.31 Å². The highest BCUT2D eigenvalue weighted by Crippen LogP contribution is 2.32. The van der Waals surface area contributed by atoms with Gasteiger partial charge < -0.3 is 0 Å². The lowest BCUT2D eigenvalue weighted by molar-refractivity contribution is 0.288. The Morgan fingerprint density at radius 3 is 2.75 bits per heavy atom. The summed E-state index contributed by atoms with van der Waals surface area (Å²) < 4.78 is 27.1. The summed E-state index contributed by atoms with van der Waals surface area (Å²) in [4.78, 5) is 1.73. The van der Waals surface area contributed by atoms with Gasteiger partial charge in [0.05, 0.1) is 4.90 Å². The molecule has 0 radical (unpaired) electrons. The van der Waals surface area contributed by atoms with E-state index in [4.69, 9.17) is 0 Å². The maximum atomic E-state index is 12.7. The summed E-state index contributed by atoms with van der Waals surface area (Å²) in [5, 5.41) is 0. The smallest absolute Gasteiger partial charge is 0.207 e. The van der Waals surface area contributed by atoms with E-state index in [-0.39, 0.29) is 0 Å². The standard InChI is InChI=1S/C15H21NO2S2/c1-12-6-8-16(9-7-12)20(17,18)14-4-5-15-13(11-14)3-2-10-19-15/h4-5,11-12H,2-3,6-10H2,1H3. The van der Waals surface area contributed by atoms with Crippen LogP contribution in [0.3, 0.4) is 0 Å². The second-order valence-corrected chi connectivity index (χ2v) is 8.88. The van der Waals surface area contributed by atoms with Crippen LogP contribution in [0.2, 0.25) is 0 Å². The topological polar surface area (TPSA) is 37.4 Å². The van der Waals surface area contributed by atoms with Gasteiger partial charge in [-0.05, 0) is 61.1 Å². The summed E-state index contributed by atoms with van der Waals surface area (Å²) in [6, 6.07) is 5.66. The molecule has 0 N–H and O–H groups in total. The molecule has 3 rings (SSSR count). The van der Waals surface area contributed by atoms with Gasteiger partial charge in [0.2, 0.25) is 10.0 Å². The first-order chi connectivity index (χ1) is 9.57. The van der Waals surface area contributed by atoms with E-state index in [0.717, 1.165) is 31.4 Å². The predicted octanol–water partition coefficient (Wildman–Crippen LogP) is 3.15. The Hall–Kier alpha value is -0.520. The van der Waals surface area contributed by atoms with Crippen LogP contribution >= 0.6 is 11.8 Å². The van der Waals surface area contributed by atoms with Gasteiger partial charge in [0.25, 0.3) is 0 Å². The van der Waals surface area contributed by atoms with Gasteiger partial charge in [0.1, 0.15) is 0 Å². The summed E-state index contributed by atoms with van der Waals surface area (Å²) >= 11 is 1.84. The normalized spacial score (nSPS) is 21.6. The highest BCUT2D eigenvalue weighted by Gasteiger charge is 2.28. The van der Waals surface area contributed by atoms with Crippen molar-refractivity contribution in [3.63, 3.8) is 0 Å². The average molecular weight is 311 g/mol. The van der Waals surface area contributed by atoms with E-state index in [2.05, 4.69) is 6.92 Å². The molecule has 0 atom stereocenters. The number of piperidine rings is 1. The minimum Gasteiger partial charge on any atom is -0.207 e. The second-order valence-electron chi connectivity index (χ2n) is 5.81. The van der Waals surface area contributed by atoms with E-state index in [9.17, 15) is 8.42 Å². The van der Waals surface area contributed by atoms with Crippen molar-refractivity contribution in [2.24, 2.45) is 5.92 Å². The van der Waals surface area contributed by atoms with Crippen LogP contribution < -0.4 is 0 Å². The molecule has 0 spiro atoms. The predicted molar refractivity (Wildman–Crippen MR) is 82.6 cm³/mol. The van der Waals surface area contributed by atoms with Crippen LogP contribution in [0.15, 0.2) is 28.0 Å². The number of rotatable bonds is 2. The van der Waals surface area contributed by atoms with E-state index < -0.39 is 10.0 Å². The molecule has 110 valence electrons. The zero-order valence-electron chi connectivity index (χ0n) is 11.8. The van der Waals surface area contributed by atoms with Crippen molar-refractivity contribution in [2.75, 3.05) is 18.8 Å². The Morgan fingerprint density at radius 1 is 1.25 bits per heavy atom. The molecule has 1 fully saturated rings. The van der Waals surface area contributed by atoms with E-state index in [0.29, 0.717) is 23.9 Å². The Morgan fingerprint density at radius 2 is 2.00 bits per heavy atom. The molecule has 0 saturated carbocycles. The first-order valence-corrected chi connectivity index (χ1v) is 9.76. The fourth-order valence-electron chi connectivity index (χ4n) is 2.87. The molecule has 1 saturated heterocycles. The fraction of sp³-hybridized carbons (Fsp3) is 0.600. The maximum Gasteiger partial charge on any atom is 0.243 e. The van der Waals surface area contributed by atoms with Gasteiger partial charge in [-0.25, -0.2) is 8.42 Å². The van der Waals surface area contributed by atoms with Crippen molar-refractivity contribution in [1.82, 2.24) is 4.31 Å². The van der Waals surface area contributed by atoms with Crippen molar-refractivity contribution in [2.45, 2.75) is 42.4 Å². The van der Waals surface area contributed by atoms with E-state index in [1.165, 1.54) is 10.5 Å². The number of fused-ring (bicyclic) bond motifs is 1. The zero-order chi connectivity index (χ0) is 14.2. The van der Waals surface area contributed by atoms with Crippen molar-refractivity contribution < 1.29 is 8.42 Å². The van der Waals surface area contributed by atoms with Crippen LogP contribution in [-0.2, 0) is 16.4 Å². The first kappa shape index (κ1) is 14.4. The lowest BCUT2D eigenvalue weighted by Gasteiger charge is -2.29. The molecular formula is C15H21NO2S2. The number of hydrogen-bond acceptors (Lipinski definition) is 3. The van der Waals surface area contributed by atoms with Crippen molar-refractivity contribution in [3.05, 3.63) is 23.8 Å². The van der Waals surface area contributed by atoms with Crippen LogP contribution in [-0.4, -0.2) is 31.6 Å². The van der Waals surface area contributed by atoms with Crippen molar-refractivity contribution >= 4 is 21.8 Å². The molecule has 0 bridgehead atoms. The monoisotopic (exact) mass is 311 g/mol. The fourth-order valence-corrected chi connectivity index (χ4v) is 5.41. The van der Waals surface area contributed by atoms with Crippen LogP contribution in [0, 0.1) is 5.92 Å². The molecule has 2 heterocycles. The minimum absolute atomic E-state index is 0.480. The third-order valence-corrected chi connectivity index (χ3v) is 7.36. The number of aryl methyl sites for hydroxylation is 1. The van der Waals surface area contributed by atoms with Crippen LogP contribution in [0.4, 0.5) is 0 Å². The average Bonchev–Trinajstić information content (AvgIpc) is 2.47. The number of hydrogen-bond donors (Lipinski definition) is 0. The van der Waals surface area contributed by atoms with Crippen LogP contribution in [0.5, 0.6) is 0 Å². The molecule has 1 aromatic carbocycles. The molecule has 2 aliphatic rings. The highest BCUT2D eigenvalue weighted by molar-refractivity contribution is 7.99. The molecule has 5 heteroatoms. The van der Waals surface area contributed by atoms with E-state index >= 15 is 0 Å². The van der Waals surface area contributed by atoms with Gasteiger partial charge in [-0.15, -0.1) is 11.8 Å². The third kappa shape index (κ3) is 2.76. The summed E-state index contributed by atoms with van der Waals surface area (Å²) in [7, 11) is -3.29. The summed E-state index contributed by atoms with van der Waals surface area (Å²) in [6.07, 6.45) is 4.09. The number of nitrogens with zero attached hydrogens (tertiary/aromatic N) is 1. The summed E-state index contributed by atoms with van der Waals surface area (Å²) in [6.45, 7) is 3.52. The van der Waals surface area contributed by atoms with Gasteiger partial charge in [-0.1, -0.05) is 6.92 Å². The molecule has 0 amide bonds. The maximum absolute atomic E-state index is 12.7. The molecule has 0 aliphatic carbocycles. The molecule has 1 aromatic rings. The Balaban J connectivity index is 1.87. The Bertz CT molecular complexity index is 590. The Labute approximate surface area is 125 Å². The molecule has 0 aromatic heterocycles. The third-order valence-electron chi connectivity index (χ3n) is 4.26. The van der Waals surface area contributed by atoms with Crippen molar-refractivity contribution in [3.8, 4) is 0 Å².